The summed E-state index contributed by atoms with van der Waals surface area (Å²) in [5.74, 6) is -1.26. The quantitative estimate of drug-likeness (QED) is 0.666. The average Bonchev–Trinajstić information content (AvgIpc) is 2.97. The third kappa shape index (κ3) is 4.56. The Bertz CT molecular complexity index is 1010. The van der Waals surface area contributed by atoms with E-state index in [1.165, 1.54) is 6.92 Å². The SMILES string of the molecule is Cc1cc2ccccc2n1CC(=O)OC(C)C(=O)NC(=O)Nc1ccccc1. The molecule has 1 atom stereocenters. The van der Waals surface area contributed by atoms with Crippen LogP contribution in [0.1, 0.15) is 12.6 Å². The number of carbonyl (C=O) groups is 3. The number of amides is 3. The van der Waals surface area contributed by atoms with E-state index in [4.69, 9.17) is 4.74 Å². The Kier molecular flexibility index (Phi) is 5.74. The molecule has 0 aliphatic heterocycles. The summed E-state index contributed by atoms with van der Waals surface area (Å²) in [5.41, 5.74) is 2.38. The number of fused-ring (bicyclic) bond motifs is 1. The minimum atomic E-state index is -1.10. The Morgan fingerprint density at radius 3 is 2.46 bits per heavy atom. The fraction of sp³-hybridized carbons (Fsp3) is 0.190. The zero-order valence-corrected chi connectivity index (χ0v) is 15.6. The normalized spacial score (nSPS) is 11.6. The van der Waals surface area contributed by atoms with Crippen molar-refractivity contribution in [3.63, 3.8) is 0 Å². The Labute approximate surface area is 162 Å². The van der Waals surface area contributed by atoms with Crippen LogP contribution in [0.3, 0.4) is 0 Å². The number of esters is 1. The van der Waals surface area contributed by atoms with Crippen molar-refractivity contribution in [3.05, 3.63) is 66.4 Å². The fourth-order valence-corrected chi connectivity index (χ4v) is 2.87. The summed E-state index contributed by atoms with van der Waals surface area (Å²) >= 11 is 0. The van der Waals surface area contributed by atoms with E-state index in [0.717, 1.165) is 16.6 Å². The van der Waals surface area contributed by atoms with Gasteiger partial charge < -0.3 is 14.6 Å². The number of hydrogen-bond acceptors (Lipinski definition) is 4. The average molecular weight is 379 g/mol. The number of nitrogens with zero attached hydrogens (tertiary/aromatic N) is 1. The van der Waals surface area contributed by atoms with E-state index in [1.807, 2.05) is 47.9 Å². The molecule has 2 aromatic carbocycles. The summed E-state index contributed by atoms with van der Waals surface area (Å²) in [7, 11) is 0. The lowest BCUT2D eigenvalue weighted by molar-refractivity contribution is -0.155. The second-order valence-corrected chi connectivity index (χ2v) is 6.37. The molecule has 1 unspecified atom stereocenters. The maximum Gasteiger partial charge on any atom is 0.326 e. The Balaban J connectivity index is 1.55. The minimum absolute atomic E-state index is 0.0207. The molecule has 0 saturated heterocycles. The van der Waals surface area contributed by atoms with Gasteiger partial charge in [0, 0.05) is 16.9 Å². The van der Waals surface area contributed by atoms with E-state index in [-0.39, 0.29) is 6.54 Å². The minimum Gasteiger partial charge on any atom is -0.451 e. The van der Waals surface area contributed by atoms with Crippen LogP contribution in [-0.2, 0) is 20.9 Å². The molecule has 0 saturated carbocycles. The van der Waals surface area contributed by atoms with Crippen LogP contribution in [0.15, 0.2) is 60.7 Å². The second-order valence-electron chi connectivity index (χ2n) is 6.37. The Morgan fingerprint density at radius 2 is 1.71 bits per heavy atom. The first-order valence-electron chi connectivity index (χ1n) is 8.85. The summed E-state index contributed by atoms with van der Waals surface area (Å²) in [6.45, 7) is 3.30. The van der Waals surface area contributed by atoms with Crippen molar-refractivity contribution in [3.8, 4) is 0 Å². The molecular weight excluding hydrogens is 358 g/mol. The third-order valence-corrected chi connectivity index (χ3v) is 4.25. The first kappa shape index (κ1) is 19.2. The number of anilines is 1. The van der Waals surface area contributed by atoms with Crippen LogP contribution in [0.2, 0.25) is 0 Å². The smallest absolute Gasteiger partial charge is 0.326 e. The van der Waals surface area contributed by atoms with Crippen LogP contribution >= 0.6 is 0 Å². The highest BCUT2D eigenvalue weighted by molar-refractivity contribution is 6.02. The lowest BCUT2D eigenvalue weighted by atomic mass is 10.2. The molecular formula is C21H21N3O4. The van der Waals surface area contributed by atoms with E-state index in [2.05, 4.69) is 10.6 Å². The molecule has 144 valence electrons. The van der Waals surface area contributed by atoms with Gasteiger partial charge in [-0.1, -0.05) is 36.4 Å². The van der Waals surface area contributed by atoms with Gasteiger partial charge >= 0.3 is 12.0 Å². The standard InChI is InChI=1S/C21H21N3O4/c1-14-12-16-8-6-7-11-18(16)24(14)13-19(25)28-15(2)20(26)23-21(27)22-17-9-4-3-5-10-17/h3-12,15H,13H2,1-2H3,(H2,22,23,26,27). The number of rotatable bonds is 5. The maximum absolute atomic E-state index is 12.3. The van der Waals surface area contributed by atoms with Crippen LogP contribution in [0.5, 0.6) is 0 Å². The summed E-state index contributed by atoms with van der Waals surface area (Å²) in [6.07, 6.45) is -1.10. The molecule has 0 radical (unpaired) electrons. The summed E-state index contributed by atoms with van der Waals surface area (Å²) in [5, 5.41) is 5.71. The second kappa shape index (κ2) is 8.39. The molecule has 0 fully saturated rings. The number of imide groups is 1. The van der Waals surface area contributed by atoms with Crippen molar-refractivity contribution in [2.45, 2.75) is 26.5 Å². The molecule has 0 aliphatic rings. The third-order valence-electron chi connectivity index (χ3n) is 4.25. The Hall–Kier alpha value is -3.61. The van der Waals surface area contributed by atoms with Gasteiger partial charge in [0.05, 0.1) is 0 Å². The molecule has 3 aromatic rings. The molecule has 1 aromatic heterocycles. The van der Waals surface area contributed by atoms with Gasteiger partial charge in [-0.25, -0.2) is 4.79 Å². The molecule has 0 spiro atoms. The van der Waals surface area contributed by atoms with E-state index >= 15 is 0 Å². The van der Waals surface area contributed by atoms with Crippen LogP contribution in [-0.4, -0.2) is 28.6 Å². The monoisotopic (exact) mass is 379 g/mol. The number of para-hydroxylation sites is 2. The predicted octanol–water partition coefficient (Wildman–Crippen LogP) is 3.23. The van der Waals surface area contributed by atoms with Crippen molar-refractivity contribution < 1.29 is 19.1 Å². The van der Waals surface area contributed by atoms with Crippen molar-refractivity contribution >= 4 is 34.5 Å². The van der Waals surface area contributed by atoms with Gasteiger partial charge in [-0.2, -0.15) is 0 Å². The molecule has 28 heavy (non-hydrogen) atoms. The number of nitrogens with one attached hydrogen (secondary N) is 2. The van der Waals surface area contributed by atoms with E-state index in [0.29, 0.717) is 5.69 Å². The largest absolute Gasteiger partial charge is 0.451 e. The van der Waals surface area contributed by atoms with Gasteiger partial charge in [0.15, 0.2) is 6.10 Å². The first-order valence-corrected chi connectivity index (χ1v) is 8.85. The van der Waals surface area contributed by atoms with Crippen molar-refractivity contribution in [1.82, 2.24) is 9.88 Å². The molecule has 0 aliphatic carbocycles. The molecule has 7 nitrogen and oxygen atoms in total. The van der Waals surface area contributed by atoms with Gasteiger partial charge in [0.25, 0.3) is 5.91 Å². The van der Waals surface area contributed by atoms with E-state index in [9.17, 15) is 14.4 Å². The molecule has 1 heterocycles. The zero-order valence-electron chi connectivity index (χ0n) is 15.6. The van der Waals surface area contributed by atoms with Gasteiger partial charge in [-0.3, -0.25) is 14.9 Å². The highest BCUT2D eigenvalue weighted by Gasteiger charge is 2.21. The maximum atomic E-state index is 12.3. The lowest BCUT2D eigenvalue weighted by Crippen LogP contribution is -2.42. The van der Waals surface area contributed by atoms with E-state index in [1.54, 1.807) is 24.3 Å². The number of hydrogen-bond donors (Lipinski definition) is 2. The van der Waals surface area contributed by atoms with E-state index < -0.39 is 24.0 Å². The van der Waals surface area contributed by atoms with Gasteiger partial charge in [0.1, 0.15) is 6.54 Å². The number of urea groups is 1. The molecule has 0 bridgehead atoms. The first-order chi connectivity index (χ1) is 13.4. The molecule has 2 N–H and O–H groups in total. The van der Waals surface area contributed by atoms with Crippen LogP contribution in [0, 0.1) is 6.92 Å². The molecule has 3 amide bonds. The number of aryl methyl sites for hydroxylation is 1. The summed E-state index contributed by atoms with van der Waals surface area (Å²) in [4.78, 5) is 36.3. The summed E-state index contributed by atoms with van der Waals surface area (Å²) < 4.78 is 7.01. The van der Waals surface area contributed by atoms with Crippen molar-refractivity contribution in [2.24, 2.45) is 0 Å². The number of aromatic nitrogens is 1. The number of carbonyl (C=O) groups excluding carboxylic acids is 3. The fourth-order valence-electron chi connectivity index (χ4n) is 2.87. The van der Waals surface area contributed by atoms with Gasteiger partial charge in [0.2, 0.25) is 0 Å². The molecule has 7 heteroatoms. The summed E-state index contributed by atoms with van der Waals surface area (Å²) in [6, 6.07) is 17.7. The highest BCUT2D eigenvalue weighted by Crippen LogP contribution is 2.19. The lowest BCUT2D eigenvalue weighted by Gasteiger charge is -2.14. The van der Waals surface area contributed by atoms with Crippen molar-refractivity contribution in [2.75, 3.05) is 5.32 Å². The predicted molar refractivity (Wildman–Crippen MR) is 106 cm³/mol. The van der Waals surface area contributed by atoms with Gasteiger partial charge in [-0.15, -0.1) is 0 Å². The van der Waals surface area contributed by atoms with Crippen LogP contribution in [0.4, 0.5) is 10.5 Å². The Morgan fingerprint density at radius 1 is 1.04 bits per heavy atom. The number of benzene rings is 2. The topological polar surface area (TPSA) is 89.4 Å². The van der Waals surface area contributed by atoms with Gasteiger partial charge in [-0.05, 0) is 43.5 Å². The highest BCUT2D eigenvalue weighted by atomic mass is 16.5. The van der Waals surface area contributed by atoms with Crippen LogP contribution in [0.25, 0.3) is 10.9 Å². The molecule has 3 rings (SSSR count). The number of ether oxygens (including phenoxy) is 1. The van der Waals surface area contributed by atoms with Crippen molar-refractivity contribution in [1.29, 1.82) is 0 Å². The van der Waals surface area contributed by atoms with Crippen LogP contribution < -0.4 is 10.6 Å². The zero-order chi connectivity index (χ0) is 20.1.